The molecule has 0 aliphatic carbocycles. The molecule has 0 unspecified atom stereocenters. The highest BCUT2D eigenvalue weighted by Gasteiger charge is 2.16. The molecule has 0 bridgehead atoms. The summed E-state index contributed by atoms with van der Waals surface area (Å²) in [6, 6.07) is 12.5. The number of aromatic hydroxyl groups is 1. The lowest BCUT2D eigenvalue weighted by Gasteiger charge is -2.08. The molecule has 4 nitrogen and oxygen atoms in total. The van der Waals surface area contributed by atoms with Crippen molar-refractivity contribution in [3.8, 4) is 11.5 Å². The van der Waals surface area contributed by atoms with Crippen molar-refractivity contribution in [2.45, 2.75) is 33.6 Å². The van der Waals surface area contributed by atoms with Crippen molar-refractivity contribution in [2.75, 3.05) is 0 Å². The number of phenolic OH excluding ortho intramolecular Hbond substituents is 1. The Morgan fingerprint density at radius 1 is 0.913 bits per heavy atom. The first kappa shape index (κ1) is 18.4. The summed E-state index contributed by atoms with van der Waals surface area (Å²) in [5.41, 5.74) is 0.382. The Kier molecular flexibility index (Phi) is 7.54. The van der Waals surface area contributed by atoms with Gasteiger partial charge in [0.2, 0.25) is 0 Å². The fraction of sp³-hybridized carbons (Fsp3) is 0.263. The van der Waals surface area contributed by atoms with Crippen molar-refractivity contribution in [2.24, 2.45) is 0 Å². The number of benzene rings is 2. The molecular weight excluding hydrogens is 292 g/mol. The normalized spacial score (nSPS) is 9.52. The highest BCUT2D eigenvalue weighted by atomic mass is 16.5. The molecule has 0 heterocycles. The van der Waals surface area contributed by atoms with Gasteiger partial charge in [0, 0.05) is 0 Å². The number of rotatable bonds is 4. The Labute approximate surface area is 136 Å². The van der Waals surface area contributed by atoms with Gasteiger partial charge >= 0.3 is 5.97 Å². The van der Waals surface area contributed by atoms with Crippen LogP contribution in [0.3, 0.4) is 0 Å². The van der Waals surface area contributed by atoms with Crippen LogP contribution in [0.1, 0.15) is 54.3 Å². The number of Topliss-reactive ketones (excluding diaryl/α,β-unsaturated/α-hetero) is 1. The zero-order chi connectivity index (χ0) is 17.2. The van der Waals surface area contributed by atoms with E-state index in [-0.39, 0.29) is 22.8 Å². The first-order valence-corrected chi connectivity index (χ1v) is 7.61. The van der Waals surface area contributed by atoms with Crippen molar-refractivity contribution in [1.82, 2.24) is 0 Å². The molecule has 2 aromatic rings. The lowest BCUT2D eigenvalue weighted by molar-refractivity contribution is 0.0730. The average molecular weight is 314 g/mol. The summed E-state index contributed by atoms with van der Waals surface area (Å²) >= 11 is 0. The molecule has 0 spiro atoms. The maximum atomic E-state index is 11.9. The minimum Gasteiger partial charge on any atom is -0.507 e. The zero-order valence-electron chi connectivity index (χ0n) is 13.7. The maximum absolute atomic E-state index is 11.9. The number of hydrogen-bond acceptors (Lipinski definition) is 4. The molecule has 4 heteroatoms. The van der Waals surface area contributed by atoms with Gasteiger partial charge in [0.05, 0.1) is 5.56 Å². The standard InChI is InChI=1S/C15H12O4.C4H10/c1-10(16)11-6-3-5-9-14(11)19-15(18)12-7-2-4-8-13(12)17;1-3-4-2/h2-9,17H,1H3;3-4H2,1-2H3. The van der Waals surface area contributed by atoms with Gasteiger partial charge in [-0.25, -0.2) is 4.79 Å². The van der Waals surface area contributed by atoms with E-state index in [0.717, 1.165) is 0 Å². The lowest BCUT2D eigenvalue weighted by atomic mass is 10.1. The number of para-hydroxylation sites is 2. The predicted octanol–water partition coefficient (Wildman–Crippen LogP) is 4.62. The first-order chi connectivity index (χ1) is 11.0. The molecule has 0 amide bonds. The van der Waals surface area contributed by atoms with Crippen molar-refractivity contribution in [3.63, 3.8) is 0 Å². The number of esters is 1. The summed E-state index contributed by atoms with van der Waals surface area (Å²) in [6.07, 6.45) is 2.64. The van der Waals surface area contributed by atoms with E-state index in [0.29, 0.717) is 5.56 Å². The number of carbonyl (C=O) groups is 2. The van der Waals surface area contributed by atoms with E-state index in [2.05, 4.69) is 13.8 Å². The minimum atomic E-state index is -0.702. The largest absolute Gasteiger partial charge is 0.507 e. The van der Waals surface area contributed by atoms with Gasteiger partial charge < -0.3 is 9.84 Å². The average Bonchev–Trinajstić information content (AvgIpc) is 2.55. The van der Waals surface area contributed by atoms with Crippen LogP contribution < -0.4 is 4.74 Å². The molecule has 2 rings (SSSR count). The monoisotopic (exact) mass is 314 g/mol. The van der Waals surface area contributed by atoms with Crippen LogP contribution in [0.15, 0.2) is 48.5 Å². The van der Waals surface area contributed by atoms with Gasteiger partial charge in [-0.1, -0.05) is 51.0 Å². The Hall–Kier alpha value is -2.62. The number of ketones is 1. The van der Waals surface area contributed by atoms with Crippen LogP contribution in [0.2, 0.25) is 0 Å². The molecule has 0 saturated carbocycles. The molecule has 0 saturated heterocycles. The highest BCUT2D eigenvalue weighted by Crippen LogP contribution is 2.22. The van der Waals surface area contributed by atoms with Crippen LogP contribution in [0.4, 0.5) is 0 Å². The van der Waals surface area contributed by atoms with Gasteiger partial charge in [-0.2, -0.15) is 0 Å². The quantitative estimate of drug-likeness (QED) is 0.508. The number of hydrogen-bond donors (Lipinski definition) is 1. The number of phenols is 1. The predicted molar refractivity (Wildman–Crippen MR) is 90.1 cm³/mol. The smallest absolute Gasteiger partial charge is 0.347 e. The summed E-state index contributed by atoms with van der Waals surface area (Å²) in [4.78, 5) is 23.3. The van der Waals surface area contributed by atoms with E-state index in [1.165, 1.54) is 38.0 Å². The van der Waals surface area contributed by atoms with E-state index in [1.807, 2.05) is 0 Å². The summed E-state index contributed by atoms with van der Waals surface area (Å²) in [5, 5.41) is 9.57. The molecular formula is C19H22O4. The van der Waals surface area contributed by atoms with E-state index in [9.17, 15) is 14.7 Å². The molecule has 0 atom stereocenters. The molecule has 0 fully saturated rings. The van der Waals surface area contributed by atoms with Crippen molar-refractivity contribution in [3.05, 3.63) is 59.7 Å². The van der Waals surface area contributed by atoms with Crippen LogP contribution in [0.5, 0.6) is 11.5 Å². The van der Waals surface area contributed by atoms with Crippen LogP contribution in [-0.2, 0) is 0 Å². The fourth-order valence-electron chi connectivity index (χ4n) is 1.65. The summed E-state index contributed by atoms with van der Waals surface area (Å²) in [5.74, 6) is -0.872. The molecule has 23 heavy (non-hydrogen) atoms. The second kappa shape index (κ2) is 9.41. The maximum Gasteiger partial charge on any atom is 0.347 e. The highest BCUT2D eigenvalue weighted by molar-refractivity contribution is 5.99. The third kappa shape index (κ3) is 5.58. The third-order valence-electron chi connectivity index (χ3n) is 3.09. The van der Waals surface area contributed by atoms with Crippen molar-refractivity contribution < 1.29 is 19.4 Å². The van der Waals surface area contributed by atoms with Gasteiger partial charge in [0.25, 0.3) is 0 Å². The fourth-order valence-corrected chi connectivity index (χ4v) is 1.65. The molecule has 1 N–H and O–H groups in total. The van der Waals surface area contributed by atoms with Crippen molar-refractivity contribution in [1.29, 1.82) is 0 Å². The zero-order valence-corrected chi connectivity index (χ0v) is 13.7. The Balaban J connectivity index is 0.000000593. The SMILES string of the molecule is CC(=O)c1ccccc1OC(=O)c1ccccc1O.CCCC. The first-order valence-electron chi connectivity index (χ1n) is 7.61. The number of carbonyl (C=O) groups excluding carboxylic acids is 2. The summed E-state index contributed by atoms with van der Waals surface area (Å²) in [7, 11) is 0. The van der Waals surface area contributed by atoms with Gasteiger partial charge in [-0.05, 0) is 31.2 Å². The van der Waals surface area contributed by atoms with E-state index < -0.39 is 5.97 Å². The molecule has 0 aliphatic heterocycles. The molecule has 0 radical (unpaired) electrons. The Bertz CT molecular complexity index is 660. The van der Waals surface area contributed by atoms with Gasteiger partial charge in [0.15, 0.2) is 5.78 Å². The van der Waals surface area contributed by atoms with E-state index in [1.54, 1.807) is 30.3 Å². The van der Waals surface area contributed by atoms with Gasteiger partial charge in [-0.3, -0.25) is 4.79 Å². The molecule has 122 valence electrons. The summed E-state index contributed by atoms with van der Waals surface area (Å²) in [6.45, 7) is 5.76. The topological polar surface area (TPSA) is 63.6 Å². The minimum absolute atomic E-state index is 0.0563. The second-order valence-electron chi connectivity index (χ2n) is 4.96. The van der Waals surface area contributed by atoms with E-state index in [4.69, 9.17) is 4.74 Å². The molecule has 0 aliphatic rings. The van der Waals surface area contributed by atoms with Crippen LogP contribution in [0, 0.1) is 0 Å². The molecule has 0 aromatic heterocycles. The van der Waals surface area contributed by atoms with Crippen molar-refractivity contribution >= 4 is 11.8 Å². The Morgan fingerprint density at radius 2 is 1.43 bits per heavy atom. The van der Waals surface area contributed by atoms with Crippen LogP contribution in [-0.4, -0.2) is 16.9 Å². The van der Waals surface area contributed by atoms with Crippen LogP contribution in [0.25, 0.3) is 0 Å². The lowest BCUT2D eigenvalue weighted by Crippen LogP contribution is -2.11. The van der Waals surface area contributed by atoms with Gasteiger partial charge in [0.1, 0.15) is 17.1 Å². The van der Waals surface area contributed by atoms with Crippen LogP contribution >= 0.6 is 0 Å². The van der Waals surface area contributed by atoms with E-state index >= 15 is 0 Å². The van der Waals surface area contributed by atoms with Gasteiger partial charge in [-0.15, -0.1) is 0 Å². The Morgan fingerprint density at radius 3 is 1.96 bits per heavy atom. The summed E-state index contributed by atoms with van der Waals surface area (Å²) < 4.78 is 5.15. The molecule has 2 aromatic carbocycles. The second-order valence-corrected chi connectivity index (χ2v) is 4.96. The number of unbranched alkanes of at least 4 members (excludes halogenated alkanes) is 1. The third-order valence-corrected chi connectivity index (χ3v) is 3.09. The number of ether oxygens (including phenoxy) is 1.